The van der Waals surface area contributed by atoms with Gasteiger partial charge in [0.05, 0.1) is 6.07 Å². The number of benzene rings is 1. The lowest BCUT2D eigenvalue weighted by Crippen LogP contribution is -2.07. The number of rotatable bonds is 4. The van der Waals surface area contributed by atoms with Crippen LogP contribution in [0.3, 0.4) is 0 Å². The maximum Gasteiger partial charge on any atom is 0.220 e. The van der Waals surface area contributed by atoms with Gasteiger partial charge in [-0.15, -0.1) is 0 Å². The molecule has 0 aliphatic rings. The van der Waals surface area contributed by atoms with Gasteiger partial charge in [0.15, 0.2) is 17.3 Å². The van der Waals surface area contributed by atoms with E-state index in [0.717, 1.165) is 0 Å². The van der Waals surface area contributed by atoms with Crippen LogP contribution in [0.15, 0.2) is 53.0 Å². The van der Waals surface area contributed by atoms with E-state index in [4.69, 9.17) is 9.68 Å². The molecule has 1 atom stereocenters. The number of para-hydroxylation sites is 2. The van der Waals surface area contributed by atoms with E-state index in [9.17, 15) is 4.79 Å². The summed E-state index contributed by atoms with van der Waals surface area (Å²) in [7, 11) is 0. The molecule has 0 aliphatic heterocycles. The highest BCUT2D eigenvalue weighted by Crippen LogP contribution is 2.22. The van der Waals surface area contributed by atoms with Gasteiger partial charge in [0.1, 0.15) is 5.52 Å². The summed E-state index contributed by atoms with van der Waals surface area (Å²) in [5.74, 6) is -1.21. The smallest absolute Gasteiger partial charge is 0.220 e. The average Bonchev–Trinajstić information content (AvgIpc) is 2.83. The van der Waals surface area contributed by atoms with Crippen molar-refractivity contribution in [1.29, 1.82) is 5.26 Å². The van der Waals surface area contributed by atoms with Gasteiger partial charge in [-0.25, -0.2) is 4.98 Å². The minimum atomic E-state index is -1.01. The first kappa shape index (κ1) is 12.8. The van der Waals surface area contributed by atoms with Gasteiger partial charge in [0.2, 0.25) is 5.89 Å². The summed E-state index contributed by atoms with van der Waals surface area (Å²) in [5.41, 5.74) is 1.21. The van der Waals surface area contributed by atoms with Gasteiger partial charge in [-0.05, 0) is 25.1 Å². The Morgan fingerprint density at radius 1 is 1.42 bits per heavy atom. The fourth-order valence-electron chi connectivity index (χ4n) is 1.61. The van der Waals surface area contributed by atoms with E-state index in [1.165, 1.54) is 6.08 Å². The van der Waals surface area contributed by atoms with E-state index in [1.807, 2.05) is 25.1 Å². The topological polar surface area (TPSA) is 66.9 Å². The van der Waals surface area contributed by atoms with Crippen LogP contribution < -0.4 is 0 Å². The Kier molecular flexibility index (Phi) is 3.89. The number of carbonyl (C=O) groups excluding carboxylic acids is 1. The van der Waals surface area contributed by atoms with E-state index in [-0.39, 0.29) is 11.7 Å². The molecule has 1 aromatic heterocycles. The van der Waals surface area contributed by atoms with Gasteiger partial charge in [-0.2, -0.15) is 5.26 Å². The molecule has 0 aliphatic carbocycles. The van der Waals surface area contributed by atoms with Crippen molar-refractivity contribution in [2.75, 3.05) is 0 Å². The predicted octanol–water partition coefficient (Wildman–Crippen LogP) is 3.14. The van der Waals surface area contributed by atoms with Crippen LogP contribution in [0.1, 0.15) is 18.7 Å². The van der Waals surface area contributed by atoms with Gasteiger partial charge in [0, 0.05) is 0 Å². The number of carbonyl (C=O) groups is 1. The van der Waals surface area contributed by atoms with Crippen molar-refractivity contribution in [3.63, 3.8) is 0 Å². The number of aromatic nitrogens is 1. The molecular weight excluding hydrogens is 240 g/mol. The Morgan fingerprint density at radius 2 is 2.21 bits per heavy atom. The Balaban J connectivity index is 2.31. The van der Waals surface area contributed by atoms with E-state index in [0.29, 0.717) is 11.1 Å². The summed E-state index contributed by atoms with van der Waals surface area (Å²) >= 11 is 0. The molecule has 4 heteroatoms. The maximum atomic E-state index is 11.9. The van der Waals surface area contributed by atoms with Crippen LogP contribution in [-0.4, -0.2) is 10.8 Å². The lowest BCUT2D eigenvalue weighted by molar-refractivity contribution is -0.115. The third-order valence-electron chi connectivity index (χ3n) is 2.54. The van der Waals surface area contributed by atoms with E-state index >= 15 is 0 Å². The zero-order valence-electron chi connectivity index (χ0n) is 10.4. The second-order valence-corrected chi connectivity index (χ2v) is 3.87. The Hall–Kier alpha value is -2.67. The van der Waals surface area contributed by atoms with Crippen molar-refractivity contribution < 1.29 is 9.21 Å². The third-order valence-corrected chi connectivity index (χ3v) is 2.54. The molecular formula is C15H12N2O2. The molecule has 19 heavy (non-hydrogen) atoms. The minimum absolute atomic E-state index is 0.138. The zero-order chi connectivity index (χ0) is 13.7. The molecule has 1 aromatic carbocycles. The number of oxazole rings is 1. The predicted molar refractivity (Wildman–Crippen MR) is 71.3 cm³/mol. The second-order valence-electron chi connectivity index (χ2n) is 3.87. The van der Waals surface area contributed by atoms with Crippen molar-refractivity contribution in [2.24, 2.45) is 0 Å². The summed E-state index contributed by atoms with van der Waals surface area (Å²) in [6.07, 6.45) is 6.46. The number of nitriles is 1. The molecule has 0 saturated heterocycles. The van der Waals surface area contributed by atoms with E-state index < -0.39 is 5.92 Å². The van der Waals surface area contributed by atoms with Gasteiger partial charge < -0.3 is 4.42 Å². The number of ketones is 1. The second kappa shape index (κ2) is 5.78. The molecule has 0 N–H and O–H groups in total. The molecule has 0 amide bonds. The standard InChI is InChI=1S/C15H12N2O2/c1-2-3-4-8-13(18)11(10-16)15-17-12-7-5-6-9-14(12)19-15/h2-9,11H,1H3. The maximum absolute atomic E-state index is 11.9. The highest BCUT2D eigenvalue weighted by molar-refractivity contribution is 5.97. The van der Waals surface area contributed by atoms with Gasteiger partial charge in [0.25, 0.3) is 0 Å². The SMILES string of the molecule is CC=CC=CC(=O)C(C#N)c1nc2ccccc2o1. The lowest BCUT2D eigenvalue weighted by Gasteiger charge is -1.98. The highest BCUT2D eigenvalue weighted by Gasteiger charge is 2.23. The Labute approximate surface area is 110 Å². The van der Waals surface area contributed by atoms with Crippen LogP contribution in [0, 0.1) is 11.3 Å². The van der Waals surface area contributed by atoms with E-state index in [1.54, 1.807) is 30.4 Å². The molecule has 1 heterocycles. The van der Waals surface area contributed by atoms with Crippen molar-refractivity contribution in [3.8, 4) is 6.07 Å². The number of hydrogen-bond donors (Lipinski definition) is 0. The summed E-state index contributed by atoms with van der Waals surface area (Å²) in [6, 6.07) is 9.09. The molecule has 2 aromatic rings. The van der Waals surface area contributed by atoms with Crippen LogP contribution >= 0.6 is 0 Å². The molecule has 1 unspecified atom stereocenters. The number of nitrogens with zero attached hydrogens (tertiary/aromatic N) is 2. The monoisotopic (exact) mass is 252 g/mol. The van der Waals surface area contributed by atoms with Crippen molar-refractivity contribution >= 4 is 16.9 Å². The highest BCUT2D eigenvalue weighted by atomic mass is 16.3. The Bertz CT molecular complexity index is 656. The Morgan fingerprint density at radius 3 is 2.89 bits per heavy atom. The molecule has 0 bridgehead atoms. The van der Waals surface area contributed by atoms with Gasteiger partial charge in [-0.1, -0.05) is 30.4 Å². The largest absolute Gasteiger partial charge is 0.439 e. The first-order valence-corrected chi connectivity index (χ1v) is 5.84. The minimum Gasteiger partial charge on any atom is -0.439 e. The molecule has 94 valence electrons. The van der Waals surface area contributed by atoms with Crippen LogP contribution in [-0.2, 0) is 4.79 Å². The third kappa shape index (κ3) is 2.78. The number of fused-ring (bicyclic) bond motifs is 1. The average molecular weight is 252 g/mol. The summed E-state index contributed by atoms with van der Waals surface area (Å²) < 4.78 is 5.44. The first-order valence-electron chi connectivity index (χ1n) is 5.84. The number of allylic oxidation sites excluding steroid dienone is 4. The fraction of sp³-hybridized carbons (Fsp3) is 0.133. The van der Waals surface area contributed by atoms with Crippen LogP contribution in [0.4, 0.5) is 0 Å². The first-order chi connectivity index (χ1) is 9.26. The van der Waals surface area contributed by atoms with Crippen molar-refractivity contribution in [3.05, 3.63) is 54.5 Å². The fourth-order valence-corrected chi connectivity index (χ4v) is 1.61. The zero-order valence-corrected chi connectivity index (χ0v) is 10.4. The lowest BCUT2D eigenvalue weighted by atomic mass is 10.1. The molecule has 0 radical (unpaired) electrons. The van der Waals surface area contributed by atoms with Gasteiger partial charge >= 0.3 is 0 Å². The molecule has 4 nitrogen and oxygen atoms in total. The molecule has 0 fully saturated rings. The molecule has 0 saturated carbocycles. The van der Waals surface area contributed by atoms with Crippen molar-refractivity contribution in [1.82, 2.24) is 4.98 Å². The van der Waals surface area contributed by atoms with E-state index in [2.05, 4.69) is 4.98 Å². The molecule has 0 spiro atoms. The quantitative estimate of drug-likeness (QED) is 0.619. The number of hydrogen-bond acceptors (Lipinski definition) is 4. The van der Waals surface area contributed by atoms with Crippen molar-refractivity contribution in [2.45, 2.75) is 12.8 Å². The van der Waals surface area contributed by atoms with Crippen LogP contribution in [0.25, 0.3) is 11.1 Å². The summed E-state index contributed by atoms with van der Waals surface area (Å²) in [6.45, 7) is 1.84. The van der Waals surface area contributed by atoms with Crippen LogP contribution in [0.5, 0.6) is 0 Å². The normalized spacial score (nSPS) is 13.1. The van der Waals surface area contributed by atoms with Crippen LogP contribution in [0.2, 0.25) is 0 Å². The molecule has 2 rings (SSSR count). The summed E-state index contributed by atoms with van der Waals surface area (Å²) in [4.78, 5) is 16.1. The summed E-state index contributed by atoms with van der Waals surface area (Å²) in [5, 5.41) is 9.11. The van der Waals surface area contributed by atoms with Gasteiger partial charge in [-0.3, -0.25) is 4.79 Å².